The summed E-state index contributed by atoms with van der Waals surface area (Å²) in [7, 11) is 2.01. The van der Waals surface area contributed by atoms with Gasteiger partial charge in [0.05, 0.1) is 10.0 Å². The molecule has 0 spiro atoms. The molecule has 0 atom stereocenters. The Morgan fingerprint density at radius 2 is 1.81 bits per heavy atom. The highest BCUT2D eigenvalue weighted by Crippen LogP contribution is 2.25. The summed E-state index contributed by atoms with van der Waals surface area (Å²) in [6, 6.07) is 4.80. The highest BCUT2D eigenvalue weighted by molar-refractivity contribution is 6.42. The number of nitrogens with zero attached hydrogens (tertiary/aromatic N) is 2. The molecule has 114 valence electrons. The zero-order valence-corrected chi connectivity index (χ0v) is 13.2. The third kappa shape index (κ3) is 4.59. The van der Waals surface area contributed by atoms with Gasteiger partial charge < -0.3 is 15.1 Å². The molecule has 7 heteroatoms. The van der Waals surface area contributed by atoms with Crippen molar-refractivity contribution in [3.63, 3.8) is 0 Å². The zero-order chi connectivity index (χ0) is 15.4. The first-order chi connectivity index (χ1) is 9.95. The number of halogens is 2. The molecule has 1 fully saturated rings. The number of anilines is 1. The molecule has 0 bridgehead atoms. The molecule has 0 saturated carbocycles. The quantitative estimate of drug-likeness (QED) is 0.864. The van der Waals surface area contributed by atoms with Crippen molar-refractivity contribution in [2.24, 2.45) is 0 Å². The van der Waals surface area contributed by atoms with E-state index in [1.807, 2.05) is 7.05 Å². The second kappa shape index (κ2) is 7.11. The molecule has 1 aromatic carbocycles. The van der Waals surface area contributed by atoms with Crippen molar-refractivity contribution in [1.29, 1.82) is 0 Å². The first kappa shape index (κ1) is 16.1. The van der Waals surface area contributed by atoms with Crippen molar-refractivity contribution in [2.45, 2.75) is 6.42 Å². The zero-order valence-electron chi connectivity index (χ0n) is 11.7. The van der Waals surface area contributed by atoms with E-state index in [1.165, 1.54) is 0 Å². The van der Waals surface area contributed by atoms with Crippen LogP contribution in [0.3, 0.4) is 0 Å². The van der Waals surface area contributed by atoms with Gasteiger partial charge in [-0.05, 0) is 25.2 Å². The number of hydrogen-bond donors (Lipinski definition) is 1. The molecule has 1 aliphatic rings. The molecule has 1 saturated heterocycles. The lowest BCUT2D eigenvalue weighted by atomic mass is 10.2. The minimum Gasteiger partial charge on any atom is -0.340 e. The number of nitrogens with one attached hydrogen (secondary N) is 1. The maximum absolute atomic E-state index is 12.0. The Morgan fingerprint density at radius 3 is 2.43 bits per heavy atom. The fourth-order valence-electron chi connectivity index (χ4n) is 2.08. The van der Waals surface area contributed by atoms with Gasteiger partial charge in [-0.2, -0.15) is 0 Å². The molecule has 1 aromatic rings. The van der Waals surface area contributed by atoms with Crippen LogP contribution in [0.1, 0.15) is 6.42 Å². The second-order valence-electron chi connectivity index (χ2n) is 5.04. The highest BCUT2D eigenvalue weighted by Gasteiger charge is 2.21. The lowest BCUT2D eigenvalue weighted by Gasteiger charge is -2.32. The van der Waals surface area contributed by atoms with Crippen LogP contribution in [0.5, 0.6) is 0 Å². The Hall–Kier alpha value is -1.30. The lowest BCUT2D eigenvalue weighted by Crippen LogP contribution is -2.47. The van der Waals surface area contributed by atoms with Crippen LogP contribution in [-0.4, -0.2) is 54.8 Å². The normalized spacial score (nSPS) is 15.9. The predicted octanol–water partition coefficient (Wildman–Crippen LogP) is 2.10. The predicted molar refractivity (Wildman–Crippen MR) is 83.8 cm³/mol. The van der Waals surface area contributed by atoms with Gasteiger partial charge in [0.15, 0.2) is 0 Å². The summed E-state index contributed by atoms with van der Waals surface area (Å²) in [5, 5.41) is 3.43. The maximum atomic E-state index is 12.0. The number of likely N-dealkylation sites (N-methyl/N-ethyl adjacent to an activating group) is 1. The minimum atomic E-state index is -0.350. The highest BCUT2D eigenvalue weighted by atomic mass is 35.5. The van der Waals surface area contributed by atoms with E-state index in [4.69, 9.17) is 23.2 Å². The summed E-state index contributed by atoms with van der Waals surface area (Å²) >= 11 is 11.7. The van der Waals surface area contributed by atoms with E-state index in [9.17, 15) is 9.59 Å². The average molecular weight is 330 g/mol. The third-order valence-corrected chi connectivity index (χ3v) is 4.11. The van der Waals surface area contributed by atoms with Crippen LogP contribution in [0.25, 0.3) is 0 Å². The number of hydrogen-bond acceptors (Lipinski definition) is 3. The SMILES string of the molecule is CN1CCN(C(=O)CC(=O)Nc2ccc(Cl)c(Cl)c2)CC1. The molecule has 1 aliphatic heterocycles. The van der Waals surface area contributed by atoms with Gasteiger partial charge in [0, 0.05) is 31.9 Å². The van der Waals surface area contributed by atoms with Crippen LogP contribution in [0.4, 0.5) is 5.69 Å². The first-order valence-corrected chi connectivity index (χ1v) is 7.42. The van der Waals surface area contributed by atoms with Gasteiger partial charge in [0.2, 0.25) is 11.8 Å². The van der Waals surface area contributed by atoms with Crippen LogP contribution in [0.2, 0.25) is 10.0 Å². The van der Waals surface area contributed by atoms with Crippen molar-refractivity contribution in [1.82, 2.24) is 9.80 Å². The fraction of sp³-hybridized carbons (Fsp3) is 0.429. The van der Waals surface area contributed by atoms with Crippen LogP contribution in [0.15, 0.2) is 18.2 Å². The minimum absolute atomic E-state index is 0.152. The molecule has 0 aromatic heterocycles. The standard InChI is InChI=1S/C14H17Cl2N3O2/c1-18-4-6-19(7-5-18)14(21)9-13(20)17-10-2-3-11(15)12(16)8-10/h2-3,8H,4-7,9H2,1H3,(H,17,20). The molecule has 1 N–H and O–H groups in total. The van der Waals surface area contributed by atoms with Crippen LogP contribution < -0.4 is 5.32 Å². The molecule has 1 heterocycles. The van der Waals surface area contributed by atoms with E-state index >= 15 is 0 Å². The number of benzene rings is 1. The van der Waals surface area contributed by atoms with Crippen LogP contribution in [0, 0.1) is 0 Å². The Labute approximate surface area is 133 Å². The number of carbonyl (C=O) groups excluding carboxylic acids is 2. The molecule has 0 radical (unpaired) electrons. The van der Waals surface area contributed by atoms with E-state index in [2.05, 4.69) is 10.2 Å². The van der Waals surface area contributed by atoms with Gasteiger partial charge in [-0.3, -0.25) is 9.59 Å². The molecule has 0 aliphatic carbocycles. The van der Waals surface area contributed by atoms with E-state index < -0.39 is 0 Å². The average Bonchev–Trinajstić information content (AvgIpc) is 2.43. The number of carbonyl (C=O) groups is 2. The summed E-state index contributed by atoms with van der Waals surface area (Å²) in [4.78, 5) is 27.8. The molecule has 5 nitrogen and oxygen atoms in total. The maximum Gasteiger partial charge on any atom is 0.233 e. The van der Waals surface area contributed by atoms with Gasteiger partial charge in [-0.15, -0.1) is 0 Å². The Balaban J connectivity index is 1.86. The van der Waals surface area contributed by atoms with E-state index in [0.717, 1.165) is 13.1 Å². The molecule has 2 amide bonds. The molecule has 2 rings (SSSR count). The smallest absolute Gasteiger partial charge is 0.233 e. The van der Waals surface area contributed by atoms with Crippen molar-refractivity contribution in [3.05, 3.63) is 28.2 Å². The van der Waals surface area contributed by atoms with Gasteiger partial charge in [0.25, 0.3) is 0 Å². The molecule has 21 heavy (non-hydrogen) atoms. The Kier molecular flexibility index (Phi) is 5.45. The topological polar surface area (TPSA) is 52.7 Å². The summed E-state index contributed by atoms with van der Waals surface area (Å²) in [6.45, 7) is 2.99. The Bertz CT molecular complexity index is 543. The van der Waals surface area contributed by atoms with Gasteiger partial charge in [0.1, 0.15) is 6.42 Å². The van der Waals surface area contributed by atoms with Crippen molar-refractivity contribution in [2.75, 3.05) is 38.5 Å². The van der Waals surface area contributed by atoms with Crippen molar-refractivity contribution >= 4 is 40.7 Å². The number of amides is 2. The van der Waals surface area contributed by atoms with Crippen molar-refractivity contribution in [3.8, 4) is 0 Å². The largest absolute Gasteiger partial charge is 0.340 e. The summed E-state index contributed by atoms with van der Waals surface area (Å²) in [5.41, 5.74) is 0.528. The van der Waals surface area contributed by atoms with E-state index in [1.54, 1.807) is 23.1 Å². The third-order valence-electron chi connectivity index (χ3n) is 3.37. The van der Waals surface area contributed by atoms with E-state index in [-0.39, 0.29) is 18.2 Å². The monoisotopic (exact) mass is 329 g/mol. The first-order valence-electron chi connectivity index (χ1n) is 6.67. The summed E-state index contributed by atoms with van der Waals surface area (Å²) in [6.07, 6.45) is -0.163. The van der Waals surface area contributed by atoms with Gasteiger partial charge in [-0.1, -0.05) is 23.2 Å². The molecular formula is C14H17Cl2N3O2. The number of piperazine rings is 1. The lowest BCUT2D eigenvalue weighted by molar-refractivity contribution is -0.135. The second-order valence-corrected chi connectivity index (χ2v) is 5.85. The Morgan fingerprint density at radius 1 is 1.14 bits per heavy atom. The van der Waals surface area contributed by atoms with Gasteiger partial charge >= 0.3 is 0 Å². The molecule has 0 unspecified atom stereocenters. The number of rotatable bonds is 3. The summed E-state index contributed by atoms with van der Waals surface area (Å²) in [5.74, 6) is -0.502. The van der Waals surface area contributed by atoms with Crippen LogP contribution in [-0.2, 0) is 9.59 Å². The van der Waals surface area contributed by atoms with E-state index in [0.29, 0.717) is 28.8 Å². The van der Waals surface area contributed by atoms with Crippen LogP contribution >= 0.6 is 23.2 Å². The van der Waals surface area contributed by atoms with Gasteiger partial charge in [-0.25, -0.2) is 0 Å². The summed E-state index contributed by atoms with van der Waals surface area (Å²) < 4.78 is 0. The molecular weight excluding hydrogens is 313 g/mol. The fourth-order valence-corrected chi connectivity index (χ4v) is 2.38. The van der Waals surface area contributed by atoms with Crippen molar-refractivity contribution < 1.29 is 9.59 Å².